The molecule has 2 N–H and O–H groups in total. The zero-order valence-electron chi connectivity index (χ0n) is 11.8. The third kappa shape index (κ3) is 2.13. The first-order valence-electron chi connectivity index (χ1n) is 7.33. The van der Waals surface area contributed by atoms with Gasteiger partial charge in [-0.1, -0.05) is 6.07 Å². The molecule has 4 heterocycles. The Morgan fingerprint density at radius 3 is 3.14 bits per heavy atom. The first-order valence-corrected chi connectivity index (χ1v) is 8.21. The molecule has 0 saturated carbocycles. The van der Waals surface area contributed by atoms with E-state index in [4.69, 9.17) is 10.7 Å². The van der Waals surface area contributed by atoms with Crippen LogP contribution in [0.1, 0.15) is 16.1 Å². The largest absolute Gasteiger partial charge is 0.350 e. The Morgan fingerprint density at radius 1 is 1.29 bits per heavy atom. The summed E-state index contributed by atoms with van der Waals surface area (Å²) in [5.74, 6) is 1.10. The van der Waals surface area contributed by atoms with E-state index in [9.17, 15) is 0 Å². The minimum Gasteiger partial charge on any atom is -0.350 e. The molecule has 0 fully saturated rings. The molecule has 1 aliphatic rings. The second kappa shape index (κ2) is 5.16. The number of nitrogens with zero attached hydrogens (tertiary/aromatic N) is 3. The van der Waals surface area contributed by atoms with Crippen molar-refractivity contribution >= 4 is 22.8 Å². The van der Waals surface area contributed by atoms with Gasteiger partial charge in [0.1, 0.15) is 5.65 Å². The predicted molar refractivity (Wildman–Crippen MR) is 87.0 cm³/mol. The fourth-order valence-electron chi connectivity index (χ4n) is 3.09. The van der Waals surface area contributed by atoms with Gasteiger partial charge in [-0.15, -0.1) is 11.3 Å². The Bertz CT molecular complexity index is 774. The van der Waals surface area contributed by atoms with Crippen LogP contribution < -0.4 is 10.6 Å². The molecule has 21 heavy (non-hydrogen) atoms. The predicted octanol–water partition coefficient (Wildman–Crippen LogP) is 2.46. The van der Waals surface area contributed by atoms with Gasteiger partial charge < -0.3 is 15.0 Å². The van der Waals surface area contributed by atoms with E-state index in [2.05, 4.69) is 33.0 Å². The van der Waals surface area contributed by atoms with E-state index >= 15 is 0 Å². The molecule has 0 aliphatic carbocycles. The first kappa shape index (κ1) is 12.9. The summed E-state index contributed by atoms with van der Waals surface area (Å²) in [6.45, 7) is 2.64. The summed E-state index contributed by atoms with van der Waals surface area (Å²) < 4.78 is 2.17. The fraction of sp³-hybridized carbons (Fsp3) is 0.312. The van der Waals surface area contributed by atoms with Gasteiger partial charge in [0, 0.05) is 30.6 Å². The molecular formula is C16H18N4S. The minimum absolute atomic E-state index is 0.646. The van der Waals surface area contributed by atoms with Gasteiger partial charge in [-0.2, -0.15) is 0 Å². The average Bonchev–Trinajstić information content (AvgIpc) is 3.11. The van der Waals surface area contributed by atoms with Gasteiger partial charge in [0.2, 0.25) is 0 Å². The average molecular weight is 298 g/mol. The number of anilines is 1. The van der Waals surface area contributed by atoms with Crippen molar-refractivity contribution in [2.24, 2.45) is 5.73 Å². The molecule has 0 aromatic carbocycles. The van der Waals surface area contributed by atoms with E-state index < -0.39 is 0 Å². The molecule has 3 aromatic rings. The highest BCUT2D eigenvalue weighted by Crippen LogP contribution is 2.30. The van der Waals surface area contributed by atoms with E-state index in [1.165, 1.54) is 16.1 Å². The lowest BCUT2D eigenvalue weighted by atomic mass is 10.1. The molecule has 0 unspecified atom stereocenters. The van der Waals surface area contributed by atoms with Gasteiger partial charge in [0.05, 0.1) is 5.69 Å². The third-order valence-electron chi connectivity index (χ3n) is 4.10. The molecule has 5 heteroatoms. The van der Waals surface area contributed by atoms with Crippen LogP contribution in [0.4, 0.5) is 5.82 Å². The lowest BCUT2D eigenvalue weighted by Gasteiger charge is -2.28. The molecule has 3 aromatic heterocycles. The second-order valence-corrected chi connectivity index (χ2v) is 6.39. The molecule has 4 rings (SSSR count). The lowest BCUT2D eigenvalue weighted by molar-refractivity contribution is 0.726. The number of pyridine rings is 1. The SMILES string of the molecule is NCCc1c(N2CCc3sccc3C2)nc2ccccn12. The van der Waals surface area contributed by atoms with Crippen LogP contribution in [0.2, 0.25) is 0 Å². The number of hydrogen-bond donors (Lipinski definition) is 1. The van der Waals surface area contributed by atoms with Crippen molar-refractivity contribution < 1.29 is 0 Å². The Labute approximate surface area is 127 Å². The van der Waals surface area contributed by atoms with Gasteiger partial charge in [0.25, 0.3) is 0 Å². The zero-order valence-corrected chi connectivity index (χ0v) is 12.6. The van der Waals surface area contributed by atoms with E-state index in [1.807, 2.05) is 23.5 Å². The standard InChI is InChI=1S/C16H18N4S/c17-7-4-13-16(18-15-3-1-2-8-20(13)15)19-9-5-14-12(11-19)6-10-21-14/h1-3,6,8,10H,4-5,7,9,11,17H2. The highest BCUT2D eigenvalue weighted by atomic mass is 32.1. The molecule has 0 amide bonds. The van der Waals surface area contributed by atoms with Crippen LogP contribution in [0, 0.1) is 0 Å². The molecule has 0 atom stereocenters. The van der Waals surface area contributed by atoms with Crippen molar-refractivity contribution in [3.05, 3.63) is 52.0 Å². The van der Waals surface area contributed by atoms with Crippen LogP contribution >= 0.6 is 11.3 Å². The Balaban J connectivity index is 1.78. The van der Waals surface area contributed by atoms with Gasteiger partial charge in [-0.25, -0.2) is 4.98 Å². The third-order valence-corrected chi connectivity index (χ3v) is 5.12. The maximum Gasteiger partial charge on any atom is 0.151 e. The van der Waals surface area contributed by atoms with Crippen LogP contribution in [0.5, 0.6) is 0 Å². The number of rotatable bonds is 3. The van der Waals surface area contributed by atoms with E-state index in [-0.39, 0.29) is 0 Å². The smallest absolute Gasteiger partial charge is 0.151 e. The molecule has 108 valence electrons. The highest BCUT2D eigenvalue weighted by molar-refractivity contribution is 7.10. The second-order valence-electron chi connectivity index (χ2n) is 5.39. The Hall–Kier alpha value is -1.85. The molecule has 0 saturated heterocycles. The normalized spacial score (nSPS) is 14.6. The van der Waals surface area contributed by atoms with E-state index in [1.54, 1.807) is 0 Å². The Morgan fingerprint density at radius 2 is 2.24 bits per heavy atom. The monoisotopic (exact) mass is 298 g/mol. The lowest BCUT2D eigenvalue weighted by Crippen LogP contribution is -2.30. The molecule has 4 nitrogen and oxygen atoms in total. The topological polar surface area (TPSA) is 46.6 Å². The van der Waals surface area contributed by atoms with Crippen molar-refractivity contribution in [2.45, 2.75) is 19.4 Å². The quantitative estimate of drug-likeness (QED) is 0.808. The molecular weight excluding hydrogens is 280 g/mol. The summed E-state index contributed by atoms with van der Waals surface area (Å²) in [6, 6.07) is 8.38. The summed E-state index contributed by atoms with van der Waals surface area (Å²) in [6.07, 6.45) is 4.05. The van der Waals surface area contributed by atoms with Crippen LogP contribution in [-0.4, -0.2) is 22.5 Å². The van der Waals surface area contributed by atoms with Crippen LogP contribution in [0.3, 0.4) is 0 Å². The van der Waals surface area contributed by atoms with Crippen molar-refractivity contribution in [2.75, 3.05) is 18.0 Å². The number of thiophene rings is 1. The van der Waals surface area contributed by atoms with Crippen LogP contribution in [0.25, 0.3) is 5.65 Å². The highest BCUT2D eigenvalue weighted by Gasteiger charge is 2.22. The van der Waals surface area contributed by atoms with Crippen molar-refractivity contribution in [3.63, 3.8) is 0 Å². The van der Waals surface area contributed by atoms with Crippen molar-refractivity contribution in [1.29, 1.82) is 0 Å². The van der Waals surface area contributed by atoms with Gasteiger partial charge in [0.15, 0.2) is 5.82 Å². The summed E-state index contributed by atoms with van der Waals surface area (Å²) in [5, 5.41) is 2.19. The first-order chi connectivity index (χ1) is 10.4. The zero-order chi connectivity index (χ0) is 14.2. The molecule has 0 spiro atoms. The number of hydrogen-bond acceptors (Lipinski definition) is 4. The maximum atomic E-state index is 5.81. The number of aromatic nitrogens is 2. The van der Waals surface area contributed by atoms with Gasteiger partial charge >= 0.3 is 0 Å². The van der Waals surface area contributed by atoms with Crippen LogP contribution in [0.15, 0.2) is 35.8 Å². The maximum absolute atomic E-state index is 5.81. The number of fused-ring (bicyclic) bond motifs is 2. The summed E-state index contributed by atoms with van der Waals surface area (Å²) in [5.41, 5.74) is 9.49. The summed E-state index contributed by atoms with van der Waals surface area (Å²) >= 11 is 1.87. The fourth-order valence-corrected chi connectivity index (χ4v) is 3.98. The minimum atomic E-state index is 0.646. The van der Waals surface area contributed by atoms with Gasteiger partial charge in [-0.05, 0) is 42.1 Å². The number of nitrogens with two attached hydrogens (primary N) is 1. The molecule has 0 bridgehead atoms. The van der Waals surface area contributed by atoms with Gasteiger partial charge in [-0.3, -0.25) is 0 Å². The number of imidazole rings is 1. The molecule has 1 aliphatic heterocycles. The van der Waals surface area contributed by atoms with Crippen molar-refractivity contribution in [3.8, 4) is 0 Å². The van der Waals surface area contributed by atoms with Crippen molar-refractivity contribution in [1.82, 2.24) is 9.38 Å². The van der Waals surface area contributed by atoms with Crippen LogP contribution in [-0.2, 0) is 19.4 Å². The summed E-state index contributed by atoms with van der Waals surface area (Å²) in [4.78, 5) is 8.77. The summed E-state index contributed by atoms with van der Waals surface area (Å²) in [7, 11) is 0. The van der Waals surface area contributed by atoms with E-state index in [0.717, 1.165) is 37.4 Å². The Kier molecular flexibility index (Phi) is 3.16. The van der Waals surface area contributed by atoms with E-state index in [0.29, 0.717) is 6.54 Å². The molecule has 0 radical (unpaired) electrons.